The van der Waals surface area contributed by atoms with Gasteiger partial charge in [0, 0.05) is 26.2 Å². The van der Waals surface area contributed by atoms with E-state index in [0.717, 1.165) is 44.2 Å². The van der Waals surface area contributed by atoms with Crippen LogP contribution in [0.25, 0.3) is 11.0 Å². The Morgan fingerprint density at radius 2 is 1.86 bits per heavy atom. The molecule has 4 rings (SSSR count). The van der Waals surface area contributed by atoms with Crippen LogP contribution in [0.4, 0.5) is 11.4 Å². The largest absolute Gasteiger partial charge is 0.371 e. The van der Waals surface area contributed by atoms with Gasteiger partial charge in [0.15, 0.2) is 5.52 Å². The fourth-order valence-electron chi connectivity index (χ4n) is 4.07. The number of anilines is 1. The number of likely N-dealkylation sites (tertiary alicyclic amines) is 1. The fraction of sp³-hybridized carbons (Fsp3) is 0.429. The first kappa shape index (κ1) is 19.3. The van der Waals surface area contributed by atoms with Crippen molar-refractivity contribution >= 4 is 22.4 Å². The molecule has 0 bridgehead atoms. The summed E-state index contributed by atoms with van der Waals surface area (Å²) in [4.78, 5) is 15.2. The van der Waals surface area contributed by atoms with Crippen molar-refractivity contribution in [2.45, 2.75) is 19.3 Å². The van der Waals surface area contributed by atoms with Crippen molar-refractivity contribution < 1.29 is 9.55 Å². The molecule has 2 heterocycles. The average molecular weight is 395 g/mol. The van der Waals surface area contributed by atoms with Gasteiger partial charge in [-0.15, -0.1) is 0 Å². The minimum Gasteiger partial charge on any atom is -0.371 e. The van der Waals surface area contributed by atoms with Gasteiger partial charge in [0.05, 0.1) is 10.6 Å². The zero-order valence-corrected chi connectivity index (χ0v) is 16.5. The normalized spacial score (nSPS) is 15.6. The molecule has 1 fully saturated rings. The molecule has 152 valence electrons. The number of piperidine rings is 1. The molecule has 1 saturated heterocycles. The Bertz CT molecular complexity index is 967. The highest BCUT2D eigenvalue weighted by molar-refractivity contribution is 5.93. The molecule has 0 N–H and O–H groups in total. The zero-order chi connectivity index (χ0) is 20.2. The predicted octanol–water partition coefficient (Wildman–Crippen LogP) is 3.52. The highest BCUT2D eigenvalue weighted by atomic mass is 16.6. The predicted molar refractivity (Wildman–Crippen MR) is 111 cm³/mol. The number of nitro benzene ring substituents is 1. The average Bonchev–Trinajstić information content (AvgIpc) is 3.23. The van der Waals surface area contributed by atoms with Crippen molar-refractivity contribution in [3.8, 4) is 0 Å². The third-order valence-electron chi connectivity index (χ3n) is 5.81. The lowest BCUT2D eigenvalue weighted by Gasteiger charge is -2.33. The number of non-ortho nitro benzene ring substituents is 1. The van der Waals surface area contributed by atoms with Gasteiger partial charge in [0.2, 0.25) is 5.52 Å². The van der Waals surface area contributed by atoms with Gasteiger partial charge < -0.3 is 9.80 Å². The Morgan fingerprint density at radius 1 is 1.14 bits per heavy atom. The van der Waals surface area contributed by atoms with E-state index < -0.39 is 4.92 Å². The Hall–Kier alpha value is -3.00. The molecule has 2 aromatic carbocycles. The van der Waals surface area contributed by atoms with Crippen LogP contribution >= 0.6 is 0 Å². The highest BCUT2D eigenvalue weighted by Gasteiger charge is 2.23. The van der Waals surface area contributed by atoms with Crippen molar-refractivity contribution in [2.24, 2.45) is 5.92 Å². The number of hydrogen-bond donors (Lipinski definition) is 0. The van der Waals surface area contributed by atoms with E-state index in [4.69, 9.17) is 4.63 Å². The van der Waals surface area contributed by atoms with Crippen LogP contribution in [-0.2, 0) is 6.42 Å². The SMILES string of the molecule is CN(CCN1CCC(Cc2ccccc2)CC1)c1ccc([N+](=O)[O-])c2nonc12. The molecule has 8 heteroatoms. The molecule has 1 aliphatic rings. The summed E-state index contributed by atoms with van der Waals surface area (Å²) >= 11 is 0. The summed E-state index contributed by atoms with van der Waals surface area (Å²) in [5.41, 5.74) is 2.77. The molecule has 29 heavy (non-hydrogen) atoms. The lowest BCUT2D eigenvalue weighted by Crippen LogP contribution is -2.39. The second kappa shape index (κ2) is 8.57. The van der Waals surface area contributed by atoms with Crippen LogP contribution < -0.4 is 4.90 Å². The van der Waals surface area contributed by atoms with Gasteiger partial charge in [0.25, 0.3) is 0 Å². The van der Waals surface area contributed by atoms with Gasteiger partial charge in [0.1, 0.15) is 0 Å². The van der Waals surface area contributed by atoms with E-state index in [-0.39, 0.29) is 11.2 Å². The van der Waals surface area contributed by atoms with Gasteiger partial charge in [-0.25, -0.2) is 4.63 Å². The summed E-state index contributed by atoms with van der Waals surface area (Å²) < 4.78 is 4.76. The number of aromatic nitrogens is 2. The standard InChI is InChI=1S/C21H25N5O3/c1-24(18-7-8-19(26(27)28)21-20(18)22-29-23-21)13-14-25-11-9-17(10-12-25)15-16-5-3-2-4-6-16/h2-8,17H,9-15H2,1H3. The third kappa shape index (κ3) is 4.37. The highest BCUT2D eigenvalue weighted by Crippen LogP contribution is 2.30. The molecule has 8 nitrogen and oxygen atoms in total. The summed E-state index contributed by atoms with van der Waals surface area (Å²) in [6.07, 6.45) is 3.59. The maximum atomic E-state index is 11.1. The third-order valence-corrected chi connectivity index (χ3v) is 5.81. The Morgan fingerprint density at radius 3 is 2.59 bits per heavy atom. The van der Waals surface area contributed by atoms with E-state index in [1.165, 1.54) is 24.5 Å². The Balaban J connectivity index is 1.31. The first-order valence-electron chi connectivity index (χ1n) is 9.99. The van der Waals surface area contributed by atoms with Gasteiger partial charge in [-0.3, -0.25) is 10.1 Å². The van der Waals surface area contributed by atoms with Crippen LogP contribution in [0.5, 0.6) is 0 Å². The van der Waals surface area contributed by atoms with E-state index in [2.05, 4.69) is 50.4 Å². The van der Waals surface area contributed by atoms with E-state index in [0.29, 0.717) is 5.52 Å². The second-order valence-corrected chi connectivity index (χ2v) is 7.72. The second-order valence-electron chi connectivity index (χ2n) is 7.72. The van der Waals surface area contributed by atoms with Crippen molar-refractivity contribution in [1.29, 1.82) is 0 Å². The number of hydrogen-bond acceptors (Lipinski definition) is 7. The molecule has 0 amide bonds. The lowest BCUT2D eigenvalue weighted by molar-refractivity contribution is -0.383. The minimum absolute atomic E-state index is 0.0844. The van der Waals surface area contributed by atoms with Gasteiger partial charge in [-0.2, -0.15) is 0 Å². The summed E-state index contributed by atoms with van der Waals surface area (Å²) in [6, 6.07) is 13.9. The number of likely N-dealkylation sites (N-methyl/N-ethyl adjacent to an activating group) is 1. The first-order chi connectivity index (χ1) is 14.1. The molecule has 0 atom stereocenters. The topological polar surface area (TPSA) is 88.5 Å². The molecular weight excluding hydrogens is 370 g/mol. The van der Waals surface area contributed by atoms with Gasteiger partial charge in [-0.1, -0.05) is 30.3 Å². The molecule has 1 aliphatic heterocycles. The summed E-state index contributed by atoms with van der Waals surface area (Å²) in [5, 5.41) is 18.7. The molecule has 0 aliphatic carbocycles. The minimum atomic E-state index is -0.462. The fourth-order valence-corrected chi connectivity index (χ4v) is 4.07. The van der Waals surface area contributed by atoms with Crippen LogP contribution in [0.2, 0.25) is 0 Å². The quantitative estimate of drug-likeness (QED) is 0.447. The van der Waals surface area contributed by atoms with Crippen molar-refractivity contribution in [1.82, 2.24) is 15.2 Å². The molecule has 1 aromatic heterocycles. The number of nitrogens with zero attached hydrogens (tertiary/aromatic N) is 5. The summed E-state index contributed by atoms with van der Waals surface area (Å²) in [7, 11) is 1.97. The molecule has 0 saturated carbocycles. The molecule has 3 aromatic rings. The lowest BCUT2D eigenvalue weighted by atomic mass is 9.90. The molecule has 0 spiro atoms. The number of benzene rings is 2. The summed E-state index contributed by atoms with van der Waals surface area (Å²) in [6.45, 7) is 3.96. The van der Waals surface area contributed by atoms with Crippen LogP contribution in [0.1, 0.15) is 18.4 Å². The number of rotatable bonds is 7. The molecular formula is C21H25N5O3. The van der Waals surface area contributed by atoms with Gasteiger partial charge >= 0.3 is 5.69 Å². The maximum absolute atomic E-state index is 11.1. The number of fused-ring (bicyclic) bond motifs is 1. The van der Waals surface area contributed by atoms with Crippen LogP contribution in [0.3, 0.4) is 0 Å². The van der Waals surface area contributed by atoms with Crippen molar-refractivity contribution in [2.75, 3.05) is 38.1 Å². The monoisotopic (exact) mass is 395 g/mol. The van der Waals surface area contributed by atoms with E-state index in [9.17, 15) is 10.1 Å². The van der Waals surface area contributed by atoms with E-state index in [1.807, 2.05) is 7.05 Å². The van der Waals surface area contributed by atoms with Crippen molar-refractivity contribution in [3.63, 3.8) is 0 Å². The van der Waals surface area contributed by atoms with Crippen molar-refractivity contribution in [3.05, 3.63) is 58.1 Å². The summed E-state index contributed by atoms with van der Waals surface area (Å²) in [5.74, 6) is 0.752. The Kier molecular flexibility index (Phi) is 5.71. The molecule has 0 radical (unpaired) electrons. The molecule has 0 unspecified atom stereocenters. The van der Waals surface area contributed by atoms with Crippen LogP contribution in [0.15, 0.2) is 47.1 Å². The smallest absolute Gasteiger partial charge is 0.300 e. The maximum Gasteiger partial charge on any atom is 0.300 e. The number of nitro groups is 1. The van der Waals surface area contributed by atoms with E-state index in [1.54, 1.807) is 6.07 Å². The zero-order valence-electron chi connectivity index (χ0n) is 16.5. The van der Waals surface area contributed by atoms with Gasteiger partial charge in [-0.05, 0) is 60.2 Å². The first-order valence-corrected chi connectivity index (χ1v) is 9.99. The van der Waals surface area contributed by atoms with Crippen LogP contribution in [-0.4, -0.2) is 53.4 Å². The van der Waals surface area contributed by atoms with Crippen LogP contribution in [0, 0.1) is 16.0 Å². The Labute approximate surface area is 169 Å². The van der Waals surface area contributed by atoms with E-state index >= 15 is 0 Å².